The Morgan fingerprint density at radius 3 is 1.06 bits per heavy atom. The highest BCUT2D eigenvalue weighted by atomic mass is 35.5. The van der Waals surface area contributed by atoms with Gasteiger partial charge in [0.15, 0.2) is 0 Å². The van der Waals surface area contributed by atoms with Gasteiger partial charge in [0.1, 0.15) is 61.7 Å². The van der Waals surface area contributed by atoms with Crippen molar-refractivity contribution in [3.8, 4) is 0 Å². The number of Topliss-reactive ketones (excluding diaryl/α,β-unsaturated/α-hetero) is 3. The zero-order valence-electron chi connectivity index (χ0n) is 78.2. The number of allylic oxidation sites excluding steroid dienone is 3. The number of fused-ring (bicyclic) bond motifs is 3. The number of hydrogen-bond donors (Lipinski definition) is 10. The number of likely N-dealkylation sites (tertiary alicyclic amines) is 3. The topological polar surface area (TPSA) is 431 Å². The van der Waals surface area contributed by atoms with Crippen molar-refractivity contribution in [1.29, 1.82) is 0 Å². The van der Waals surface area contributed by atoms with Gasteiger partial charge in [-0.3, -0.25) is 62.3 Å². The number of ether oxygens (including phenoxy) is 3. The molecule has 726 valence electrons. The molecule has 3 saturated heterocycles. The Morgan fingerprint density at radius 2 is 0.746 bits per heavy atom. The maximum Gasteiger partial charge on any atom is 0.408 e. The van der Waals surface area contributed by atoms with Gasteiger partial charge in [-0.1, -0.05) is 116 Å². The fraction of sp³-hybridized carbons (Fsp3) is 0.723. The van der Waals surface area contributed by atoms with Gasteiger partial charge in [-0.2, -0.15) is 0 Å². The summed E-state index contributed by atoms with van der Waals surface area (Å²) >= 11 is 26.0. The summed E-state index contributed by atoms with van der Waals surface area (Å²) in [7, 11) is 0. The Bertz CT molecular complexity index is 4130. The Balaban J connectivity index is 0.000000268. The van der Waals surface area contributed by atoms with E-state index in [0.717, 1.165) is 103 Å². The molecular formula is C94H143Cl4N13O19. The van der Waals surface area contributed by atoms with E-state index in [4.69, 9.17) is 60.6 Å². The number of hydrogen-bond acceptors (Lipinski definition) is 19. The number of alkyl halides is 4. The van der Waals surface area contributed by atoms with Crippen LogP contribution in [0.15, 0.2) is 63.3 Å². The lowest BCUT2D eigenvalue weighted by molar-refractivity contribution is -0.156. The molecule has 13 amide bonds. The molecule has 9 fully saturated rings. The van der Waals surface area contributed by atoms with E-state index in [-0.39, 0.29) is 123 Å². The first kappa shape index (κ1) is 108. The second kappa shape index (κ2) is 47.8. The molecule has 9 aliphatic rings. The van der Waals surface area contributed by atoms with Crippen LogP contribution in [-0.2, 0) is 76.5 Å². The van der Waals surface area contributed by atoms with Crippen molar-refractivity contribution >= 4 is 141 Å². The van der Waals surface area contributed by atoms with Crippen molar-refractivity contribution in [2.45, 2.75) is 330 Å². The van der Waals surface area contributed by atoms with Crippen molar-refractivity contribution in [3.05, 3.63) is 63.3 Å². The molecule has 0 aromatic heterocycles. The minimum absolute atomic E-state index is 0.0723. The molecule has 10 N–H and O–H groups in total. The van der Waals surface area contributed by atoms with Gasteiger partial charge in [0.2, 0.25) is 52.8 Å². The first-order chi connectivity index (χ1) is 61.0. The van der Waals surface area contributed by atoms with Crippen LogP contribution < -0.4 is 53.2 Å². The molecular weight excluding hydrogens is 1760 g/mol. The van der Waals surface area contributed by atoms with Crippen molar-refractivity contribution in [2.75, 3.05) is 39.3 Å². The van der Waals surface area contributed by atoms with Crippen LogP contribution in [0.5, 0.6) is 0 Å². The highest BCUT2D eigenvalue weighted by Crippen LogP contribution is 2.67. The Morgan fingerprint density at radius 1 is 0.423 bits per heavy atom. The van der Waals surface area contributed by atoms with Crippen LogP contribution >= 0.6 is 46.4 Å². The number of nitrogens with one attached hydrogen (secondary N) is 10. The molecule has 0 spiro atoms. The second-order valence-electron chi connectivity index (χ2n) is 39.2. The third-order valence-electron chi connectivity index (χ3n) is 26.5. The number of carbonyl (C=O) groups is 16. The average molecular weight is 1900 g/mol. The maximum atomic E-state index is 14.3. The van der Waals surface area contributed by atoms with E-state index in [1.165, 1.54) is 22.0 Å². The Kier molecular flexibility index (Phi) is 39.9. The largest absolute Gasteiger partial charge is 0.460 e. The predicted octanol–water partition coefficient (Wildman–Crippen LogP) is 10.6. The Hall–Kier alpha value is -8.62. The van der Waals surface area contributed by atoms with Gasteiger partial charge in [-0.25, -0.2) is 14.4 Å². The van der Waals surface area contributed by atoms with E-state index in [1.54, 1.807) is 78.5 Å². The number of amides is 13. The fourth-order valence-electron chi connectivity index (χ4n) is 18.7. The number of rotatable bonds is 41. The number of alkyl carbamates (subject to hydrolysis) is 2. The van der Waals surface area contributed by atoms with E-state index < -0.39 is 175 Å². The maximum absolute atomic E-state index is 14.3. The van der Waals surface area contributed by atoms with Crippen molar-refractivity contribution in [2.24, 2.45) is 58.7 Å². The molecule has 0 aromatic carbocycles. The number of nitrogens with zero attached hydrogens (tertiary/aromatic N) is 3. The monoisotopic (exact) mass is 1900 g/mol. The van der Waals surface area contributed by atoms with Gasteiger partial charge in [0, 0.05) is 69.0 Å². The summed E-state index contributed by atoms with van der Waals surface area (Å²) in [5.41, 5.74) is -2.34. The van der Waals surface area contributed by atoms with Gasteiger partial charge in [-0.05, 0) is 187 Å². The molecule has 9 rings (SSSR count). The lowest BCUT2D eigenvalue weighted by Gasteiger charge is -2.37. The van der Waals surface area contributed by atoms with Crippen LogP contribution in [0.3, 0.4) is 0 Å². The summed E-state index contributed by atoms with van der Waals surface area (Å²) in [6, 6.07) is -9.52. The van der Waals surface area contributed by atoms with Crippen molar-refractivity contribution < 1.29 is 90.9 Å². The number of halogens is 4. The molecule has 6 aliphatic carbocycles. The number of esters is 1. The zero-order valence-corrected chi connectivity index (χ0v) is 81.2. The minimum Gasteiger partial charge on any atom is -0.460 e. The van der Waals surface area contributed by atoms with E-state index >= 15 is 0 Å². The molecule has 36 heteroatoms. The molecule has 3 aliphatic heterocycles. The van der Waals surface area contributed by atoms with Crippen LogP contribution in [-0.4, -0.2) is 235 Å². The van der Waals surface area contributed by atoms with E-state index in [1.807, 2.05) is 20.8 Å². The molecule has 130 heavy (non-hydrogen) atoms. The van der Waals surface area contributed by atoms with E-state index in [0.29, 0.717) is 32.2 Å². The second-order valence-corrected chi connectivity index (χ2v) is 42.1. The number of urea groups is 1. The summed E-state index contributed by atoms with van der Waals surface area (Å²) in [6.07, 6.45) is 22.4. The van der Waals surface area contributed by atoms with Crippen LogP contribution in [0.1, 0.15) is 244 Å². The highest BCUT2D eigenvalue weighted by molar-refractivity contribution is 6.52. The minimum atomic E-state index is -1.21. The summed E-state index contributed by atoms with van der Waals surface area (Å²) in [6.45, 7) is 42.7. The molecule has 1 unspecified atom stereocenters. The van der Waals surface area contributed by atoms with Crippen LogP contribution in [0.2, 0.25) is 0 Å². The molecule has 16 atom stereocenters. The van der Waals surface area contributed by atoms with Gasteiger partial charge in [0.05, 0.1) is 24.5 Å². The van der Waals surface area contributed by atoms with Gasteiger partial charge in [-0.15, -0.1) is 79.3 Å². The van der Waals surface area contributed by atoms with Gasteiger partial charge < -0.3 is 82.1 Å². The molecule has 3 heterocycles. The van der Waals surface area contributed by atoms with E-state index in [2.05, 4.69) is 99.9 Å². The van der Waals surface area contributed by atoms with Gasteiger partial charge in [0.25, 0.3) is 17.7 Å². The normalized spacial score (nSPS) is 24.3. The molecule has 32 nitrogen and oxygen atoms in total. The molecule has 6 saturated carbocycles. The number of ketones is 3. The van der Waals surface area contributed by atoms with Crippen LogP contribution in [0.4, 0.5) is 14.4 Å². The summed E-state index contributed by atoms with van der Waals surface area (Å²) in [5.74, 6) is -10.6. The molecule has 0 bridgehead atoms. The van der Waals surface area contributed by atoms with Gasteiger partial charge >= 0.3 is 24.2 Å². The molecule has 0 radical (unpaired) electrons. The quantitative estimate of drug-likeness (QED) is 0.00893. The predicted molar refractivity (Wildman–Crippen MR) is 495 cm³/mol. The SMILES string of the molecule is C=CCC[C@H](NC(=O)[C@@H]1[C@@H]2[C@H](CN1C(=O)[C@@H](NC(=O)NC(C)CC)C1CCCCC1)C2(Cl)Cl)C(=O)C(=O)NCC=C.C=CCC[C@H](NC(=O)[C@@H]1[C@@H]2[C@H](CN1C(=O)[C@@H](NC(=O)OC(C)(C)C)C1CCCCC1)C2(C)C)C(=O)C(=O)NCCC(=O)OC(C)(C)CC.C=CCC[C@H](NC(=O)[C@@H]1[C@@H]2[C@H](CN1C(=O)[C@@H](NC(=O)OC(C)(C)C)C1CCCCC1)C2(Cl)Cl)C(=O)C(=O)NCC=C. The zero-order chi connectivity index (χ0) is 96.9. The van der Waals surface area contributed by atoms with Crippen LogP contribution in [0.25, 0.3) is 0 Å². The number of piperidine rings is 3. The first-order valence-corrected chi connectivity index (χ1v) is 47.9. The average Bonchev–Trinajstić information content (AvgIpc) is 1.53. The standard InChI is InChI=1S/C36H58N4O8.C29H43Cl2N5O5.C29H42Cl2N4O6/c1-10-12-18-24(29(42)31(44)37-20-19-25(41)47-35(6,7)11-2)38-30(43)28-26-23(36(26,8)9)21-40(28)32(45)27(22-16-14-13-15-17-22)39-33(46)48-34(3,4)5;1-5-8-14-20(24(37)26(39)32-15-6-2)34-25(38)23-21-19(29(21,30)31)16-36(23)27(40)22(18-12-10-9-11-13-18)35-28(41)33-17(4)7-3;1-6-8-14-19(23(36)25(38)32-15-7-2)33-24(37)22-20-18(29(20,30)31)16-35(22)26(39)21(17-12-10-9-11-13-17)34-27(40)41-28(3,4)5/h10,22-24,26-28H,1,11-21H2,2-9H3,(H,37,44)(H,38,43)(H,39,46);5-6,17-23H,1-2,7-16H2,3-4H3,(H,32,39)(H,34,38)(H2,33,35,41);6-7,17-22H,1-2,8-16H2,3-5H3,(H,32,38)(H,33,37)(H,34,40)/t23-,24-,26-,27-,28-;17?,19-,20-,21-,22-,23-;18-,19-,20-,21-,22-/m000/s1. The summed E-state index contributed by atoms with van der Waals surface area (Å²) in [5, 5.41) is 26.9. The lowest BCUT2D eigenvalue weighted by Crippen LogP contribution is -2.60. The third-order valence-corrected chi connectivity index (χ3v) is 28.7. The third kappa shape index (κ3) is 29.2. The fourth-order valence-corrected chi connectivity index (χ4v) is 20.4. The van der Waals surface area contributed by atoms with E-state index in [9.17, 15) is 76.7 Å². The summed E-state index contributed by atoms with van der Waals surface area (Å²) in [4.78, 5) is 216. The smallest absolute Gasteiger partial charge is 0.408 e. The lowest BCUT2D eigenvalue weighted by atomic mass is 9.83. The number of carbonyl (C=O) groups excluding carboxylic acids is 16. The Labute approximate surface area is 786 Å². The van der Waals surface area contributed by atoms with Crippen molar-refractivity contribution in [3.63, 3.8) is 0 Å². The first-order valence-electron chi connectivity index (χ1n) is 46.4. The summed E-state index contributed by atoms with van der Waals surface area (Å²) < 4.78 is 13.9. The highest BCUT2D eigenvalue weighted by Gasteiger charge is 2.76. The van der Waals surface area contributed by atoms with Crippen molar-refractivity contribution in [1.82, 2.24) is 67.9 Å². The van der Waals surface area contributed by atoms with Crippen LogP contribution in [0, 0.1) is 58.7 Å². The molecule has 0 aromatic rings.